The van der Waals surface area contributed by atoms with Crippen molar-refractivity contribution in [2.75, 3.05) is 12.5 Å². The van der Waals surface area contributed by atoms with Crippen molar-refractivity contribution >= 4 is 25.5 Å². The molecule has 0 radical (unpaired) electrons. The lowest BCUT2D eigenvalue weighted by Gasteiger charge is -2.36. The van der Waals surface area contributed by atoms with Crippen LogP contribution in [0, 0.1) is 5.82 Å². The van der Waals surface area contributed by atoms with Gasteiger partial charge < -0.3 is 4.43 Å². The fourth-order valence-electron chi connectivity index (χ4n) is 1.49. The number of benzene rings is 1. The molecule has 0 unspecified atom stereocenters. The van der Waals surface area contributed by atoms with Crippen LogP contribution in [0.15, 0.2) is 30.3 Å². The lowest BCUT2D eigenvalue weighted by Crippen LogP contribution is -2.41. The molecule has 0 aliphatic rings. The molecule has 0 amide bonds. The van der Waals surface area contributed by atoms with Crippen LogP contribution >= 0.6 is 11.6 Å². The SMILES string of the molecule is CC(C)(C)[Si](C)(C)OC/C(=C/CCl)c1ccc(F)cc1. The Bertz CT molecular complexity index is 460. The first-order chi connectivity index (χ1) is 9.17. The van der Waals surface area contributed by atoms with Gasteiger partial charge in [0.25, 0.3) is 0 Å². The van der Waals surface area contributed by atoms with Crippen LogP contribution in [0.25, 0.3) is 5.57 Å². The van der Waals surface area contributed by atoms with Crippen molar-refractivity contribution < 1.29 is 8.82 Å². The molecule has 1 nitrogen and oxygen atoms in total. The molecule has 0 spiro atoms. The van der Waals surface area contributed by atoms with Crippen LogP contribution in [0.5, 0.6) is 0 Å². The predicted octanol–water partition coefficient (Wildman–Crippen LogP) is 5.47. The Kier molecular flexibility index (Phi) is 5.99. The second kappa shape index (κ2) is 6.88. The summed E-state index contributed by atoms with van der Waals surface area (Å²) >= 11 is 5.82. The van der Waals surface area contributed by atoms with E-state index in [1.165, 1.54) is 12.1 Å². The molecule has 0 aliphatic carbocycles. The van der Waals surface area contributed by atoms with E-state index in [1.54, 1.807) is 12.1 Å². The summed E-state index contributed by atoms with van der Waals surface area (Å²) in [5, 5.41) is 0.169. The topological polar surface area (TPSA) is 9.23 Å². The van der Waals surface area contributed by atoms with Gasteiger partial charge in [-0.1, -0.05) is 39.0 Å². The Morgan fingerprint density at radius 3 is 2.25 bits per heavy atom. The van der Waals surface area contributed by atoms with Gasteiger partial charge in [0.1, 0.15) is 5.82 Å². The summed E-state index contributed by atoms with van der Waals surface area (Å²) in [6.45, 7) is 11.6. The number of rotatable bonds is 5. The Hall–Kier alpha value is -0.643. The van der Waals surface area contributed by atoms with Crippen LogP contribution in [0.3, 0.4) is 0 Å². The Labute approximate surface area is 127 Å². The lowest BCUT2D eigenvalue weighted by molar-refractivity contribution is 0.334. The molecule has 20 heavy (non-hydrogen) atoms. The maximum absolute atomic E-state index is 13.0. The maximum Gasteiger partial charge on any atom is 0.192 e. The summed E-state index contributed by atoms with van der Waals surface area (Å²) in [6, 6.07) is 6.46. The summed E-state index contributed by atoms with van der Waals surface area (Å²) in [5.41, 5.74) is 1.98. The molecule has 0 heterocycles. The highest BCUT2D eigenvalue weighted by atomic mass is 35.5. The molecule has 1 aromatic rings. The van der Waals surface area contributed by atoms with Gasteiger partial charge in [0.2, 0.25) is 0 Å². The van der Waals surface area contributed by atoms with Gasteiger partial charge >= 0.3 is 0 Å². The summed E-state index contributed by atoms with van der Waals surface area (Å²) in [7, 11) is -1.80. The summed E-state index contributed by atoms with van der Waals surface area (Å²) < 4.78 is 19.2. The minimum absolute atomic E-state index is 0.169. The minimum Gasteiger partial charge on any atom is -0.413 e. The summed E-state index contributed by atoms with van der Waals surface area (Å²) in [6.07, 6.45) is 1.93. The largest absolute Gasteiger partial charge is 0.413 e. The lowest BCUT2D eigenvalue weighted by atomic mass is 10.1. The molecule has 0 N–H and O–H groups in total. The number of hydrogen-bond donors (Lipinski definition) is 0. The van der Waals surface area contributed by atoms with Crippen LogP contribution in [-0.2, 0) is 4.43 Å². The van der Waals surface area contributed by atoms with Crippen LogP contribution in [0.1, 0.15) is 26.3 Å². The van der Waals surface area contributed by atoms with Crippen molar-refractivity contribution in [2.24, 2.45) is 0 Å². The molecule has 0 fully saturated rings. The van der Waals surface area contributed by atoms with Gasteiger partial charge in [-0.3, -0.25) is 0 Å². The normalized spacial score (nSPS) is 13.7. The van der Waals surface area contributed by atoms with Gasteiger partial charge in [0.05, 0.1) is 6.61 Å². The highest BCUT2D eigenvalue weighted by Gasteiger charge is 2.37. The first-order valence-corrected chi connectivity index (χ1v) is 10.3. The Balaban J connectivity index is 2.85. The fraction of sp³-hybridized carbons (Fsp3) is 0.500. The third-order valence-electron chi connectivity index (χ3n) is 3.93. The first kappa shape index (κ1) is 17.4. The highest BCUT2D eigenvalue weighted by Crippen LogP contribution is 2.37. The first-order valence-electron chi connectivity index (χ1n) is 6.82. The van der Waals surface area contributed by atoms with E-state index < -0.39 is 8.32 Å². The van der Waals surface area contributed by atoms with E-state index in [9.17, 15) is 4.39 Å². The molecule has 1 rings (SSSR count). The van der Waals surface area contributed by atoms with Crippen LogP contribution in [-0.4, -0.2) is 20.8 Å². The van der Waals surface area contributed by atoms with Crippen LogP contribution < -0.4 is 0 Å². The molecule has 0 atom stereocenters. The third kappa shape index (κ3) is 4.72. The third-order valence-corrected chi connectivity index (χ3v) is 8.57. The molecule has 4 heteroatoms. The zero-order chi connectivity index (χ0) is 15.4. The van der Waals surface area contributed by atoms with Gasteiger partial charge in [-0.2, -0.15) is 0 Å². The second-order valence-electron chi connectivity index (χ2n) is 6.44. The molecule has 0 bridgehead atoms. The fourth-order valence-corrected chi connectivity index (χ4v) is 2.63. The van der Waals surface area contributed by atoms with Gasteiger partial charge in [-0.25, -0.2) is 4.39 Å². The quantitative estimate of drug-likeness (QED) is 0.517. The number of alkyl halides is 1. The van der Waals surface area contributed by atoms with Crippen LogP contribution in [0.4, 0.5) is 4.39 Å². The predicted molar refractivity (Wildman–Crippen MR) is 88.2 cm³/mol. The molecule has 0 aromatic heterocycles. The molecular weight excluding hydrogens is 291 g/mol. The van der Waals surface area contributed by atoms with Crippen molar-refractivity contribution in [3.63, 3.8) is 0 Å². The van der Waals surface area contributed by atoms with Gasteiger partial charge in [-0.05, 0) is 41.4 Å². The zero-order valence-electron chi connectivity index (χ0n) is 13.0. The summed E-state index contributed by atoms with van der Waals surface area (Å²) in [5.74, 6) is 0.192. The Morgan fingerprint density at radius 2 is 1.80 bits per heavy atom. The minimum atomic E-state index is -1.80. The van der Waals surface area contributed by atoms with E-state index in [4.69, 9.17) is 16.0 Å². The molecule has 1 aromatic carbocycles. The standard InChI is InChI=1S/C16H24ClFOSi/c1-16(2,3)20(4,5)19-12-14(10-11-17)13-6-8-15(18)9-7-13/h6-10H,11-12H2,1-5H3/b14-10-. The van der Waals surface area contributed by atoms with Crippen molar-refractivity contribution in [1.82, 2.24) is 0 Å². The van der Waals surface area contributed by atoms with E-state index in [-0.39, 0.29) is 10.9 Å². The second-order valence-corrected chi connectivity index (χ2v) is 11.6. The van der Waals surface area contributed by atoms with Gasteiger partial charge in [-0.15, -0.1) is 11.6 Å². The van der Waals surface area contributed by atoms with Gasteiger partial charge in [0.15, 0.2) is 8.32 Å². The maximum atomic E-state index is 13.0. The number of allylic oxidation sites excluding steroid dienone is 1. The van der Waals surface area contributed by atoms with Gasteiger partial charge in [0, 0.05) is 5.88 Å². The van der Waals surface area contributed by atoms with E-state index in [2.05, 4.69) is 33.9 Å². The van der Waals surface area contributed by atoms with Crippen molar-refractivity contribution in [3.05, 3.63) is 41.7 Å². The highest BCUT2D eigenvalue weighted by molar-refractivity contribution is 6.74. The molecule has 0 aliphatic heterocycles. The van der Waals surface area contributed by atoms with E-state index in [0.717, 1.165) is 11.1 Å². The monoisotopic (exact) mass is 314 g/mol. The molecular formula is C16H24ClFOSi. The average molecular weight is 315 g/mol. The molecule has 0 saturated carbocycles. The number of halogens is 2. The van der Waals surface area contributed by atoms with Crippen LogP contribution in [0.2, 0.25) is 18.1 Å². The smallest absolute Gasteiger partial charge is 0.192 e. The van der Waals surface area contributed by atoms with Crippen molar-refractivity contribution in [1.29, 1.82) is 0 Å². The van der Waals surface area contributed by atoms with Crippen molar-refractivity contribution in [3.8, 4) is 0 Å². The van der Waals surface area contributed by atoms with E-state index >= 15 is 0 Å². The Morgan fingerprint density at radius 1 is 1.25 bits per heavy atom. The number of hydrogen-bond acceptors (Lipinski definition) is 1. The molecule has 112 valence electrons. The summed E-state index contributed by atoms with van der Waals surface area (Å²) in [4.78, 5) is 0. The van der Waals surface area contributed by atoms with E-state index in [1.807, 2.05) is 6.08 Å². The van der Waals surface area contributed by atoms with E-state index in [0.29, 0.717) is 12.5 Å². The van der Waals surface area contributed by atoms with Crippen molar-refractivity contribution in [2.45, 2.75) is 38.9 Å². The average Bonchev–Trinajstić information content (AvgIpc) is 2.34. The molecule has 0 saturated heterocycles. The zero-order valence-corrected chi connectivity index (χ0v) is 14.7.